The highest BCUT2D eigenvalue weighted by Crippen LogP contribution is 2.18. The van der Waals surface area contributed by atoms with Gasteiger partial charge in [-0.3, -0.25) is 9.59 Å². The predicted octanol–water partition coefficient (Wildman–Crippen LogP) is 11.5. The topological polar surface area (TPSA) is 63.6 Å². The van der Waals surface area contributed by atoms with Crippen molar-refractivity contribution in [3.63, 3.8) is 0 Å². The van der Waals surface area contributed by atoms with Crippen LogP contribution in [-0.4, -0.2) is 23.1 Å². The van der Waals surface area contributed by atoms with Crippen LogP contribution in [-0.2, 0) is 14.3 Å². The second-order valence-corrected chi connectivity index (χ2v) is 11.7. The van der Waals surface area contributed by atoms with E-state index >= 15 is 0 Å². The lowest BCUT2D eigenvalue weighted by Crippen LogP contribution is -2.18. The van der Waals surface area contributed by atoms with Crippen LogP contribution in [0.4, 0.5) is 0 Å². The first-order chi connectivity index (χ1) is 19.1. The lowest BCUT2D eigenvalue weighted by atomic mass is 10.0. The van der Waals surface area contributed by atoms with E-state index in [9.17, 15) is 9.59 Å². The molecule has 0 amide bonds. The Balaban J connectivity index is 3.93. The first kappa shape index (κ1) is 37.7. The van der Waals surface area contributed by atoms with Crippen LogP contribution < -0.4 is 0 Å². The SMILES string of the molecule is CCCC/C=C\CCCCCCCCC(=O)OC(CCCCCCCCCCCCCC)CCCCC(=O)O. The second-order valence-electron chi connectivity index (χ2n) is 11.7. The van der Waals surface area contributed by atoms with E-state index in [1.807, 2.05) is 0 Å². The molecule has 0 saturated carbocycles. The van der Waals surface area contributed by atoms with Crippen molar-refractivity contribution in [2.45, 2.75) is 200 Å². The van der Waals surface area contributed by atoms with Gasteiger partial charge in [0.15, 0.2) is 0 Å². The Morgan fingerprint density at radius 3 is 1.49 bits per heavy atom. The van der Waals surface area contributed by atoms with Gasteiger partial charge in [-0.25, -0.2) is 0 Å². The maximum atomic E-state index is 12.5. The van der Waals surface area contributed by atoms with Crippen LogP contribution in [0.2, 0.25) is 0 Å². The van der Waals surface area contributed by atoms with Crippen molar-refractivity contribution in [2.24, 2.45) is 0 Å². The first-order valence-electron chi connectivity index (χ1n) is 17.2. The van der Waals surface area contributed by atoms with Crippen molar-refractivity contribution in [3.05, 3.63) is 12.2 Å². The van der Waals surface area contributed by atoms with E-state index in [0.29, 0.717) is 12.8 Å². The lowest BCUT2D eigenvalue weighted by Gasteiger charge is -2.18. The molecule has 0 radical (unpaired) electrons. The third kappa shape index (κ3) is 31.1. The Hall–Kier alpha value is -1.32. The zero-order valence-corrected chi connectivity index (χ0v) is 26.2. The molecule has 0 spiro atoms. The fourth-order valence-corrected chi connectivity index (χ4v) is 5.16. The zero-order chi connectivity index (χ0) is 28.7. The van der Waals surface area contributed by atoms with Gasteiger partial charge in [0.25, 0.3) is 0 Å². The van der Waals surface area contributed by atoms with Crippen LogP contribution in [0.15, 0.2) is 12.2 Å². The number of hydrogen-bond donors (Lipinski definition) is 1. The van der Waals surface area contributed by atoms with Gasteiger partial charge >= 0.3 is 11.9 Å². The Morgan fingerprint density at radius 1 is 0.538 bits per heavy atom. The molecule has 0 saturated heterocycles. The summed E-state index contributed by atoms with van der Waals surface area (Å²) in [6, 6.07) is 0. The molecule has 0 bridgehead atoms. The van der Waals surface area contributed by atoms with Crippen molar-refractivity contribution in [3.8, 4) is 0 Å². The number of aliphatic carboxylic acids is 1. The van der Waals surface area contributed by atoms with Crippen molar-refractivity contribution >= 4 is 11.9 Å². The van der Waals surface area contributed by atoms with E-state index < -0.39 is 5.97 Å². The Kier molecular flexibility index (Phi) is 30.2. The highest BCUT2D eigenvalue weighted by atomic mass is 16.5. The smallest absolute Gasteiger partial charge is 0.306 e. The van der Waals surface area contributed by atoms with E-state index in [-0.39, 0.29) is 18.5 Å². The lowest BCUT2D eigenvalue weighted by molar-refractivity contribution is -0.150. The Bertz CT molecular complexity index is 557. The summed E-state index contributed by atoms with van der Waals surface area (Å²) in [4.78, 5) is 23.3. The first-order valence-corrected chi connectivity index (χ1v) is 17.2. The van der Waals surface area contributed by atoms with Crippen LogP contribution >= 0.6 is 0 Å². The monoisotopic (exact) mass is 550 g/mol. The number of rotatable bonds is 31. The summed E-state index contributed by atoms with van der Waals surface area (Å²) in [5.74, 6) is -0.803. The molecule has 0 fully saturated rings. The van der Waals surface area contributed by atoms with E-state index in [1.165, 1.54) is 122 Å². The van der Waals surface area contributed by atoms with Crippen molar-refractivity contribution < 1.29 is 19.4 Å². The molecule has 0 aliphatic carbocycles. The summed E-state index contributed by atoms with van der Waals surface area (Å²) in [5, 5.41) is 8.90. The maximum Gasteiger partial charge on any atom is 0.306 e. The standard InChI is InChI=1S/C35H66O4/c1-3-5-7-9-11-13-15-17-19-21-23-25-29-33(30-27-28-31-34(36)37)39-35(38)32-26-24-22-20-18-16-14-12-10-8-6-4-2/h10,12,33H,3-9,11,13-32H2,1-2H3,(H,36,37)/b12-10-. The summed E-state index contributed by atoms with van der Waals surface area (Å²) >= 11 is 0. The Labute approximate surface area is 243 Å². The van der Waals surface area contributed by atoms with Crippen LogP contribution in [0, 0.1) is 0 Å². The highest BCUT2D eigenvalue weighted by Gasteiger charge is 2.14. The van der Waals surface area contributed by atoms with Crippen LogP contribution in [0.5, 0.6) is 0 Å². The molecule has 1 N–H and O–H groups in total. The summed E-state index contributed by atoms with van der Waals surface area (Å²) in [5.41, 5.74) is 0. The third-order valence-electron chi connectivity index (χ3n) is 7.74. The molecule has 1 unspecified atom stereocenters. The predicted molar refractivity (Wildman–Crippen MR) is 167 cm³/mol. The van der Waals surface area contributed by atoms with Crippen molar-refractivity contribution in [1.29, 1.82) is 0 Å². The van der Waals surface area contributed by atoms with Gasteiger partial charge in [-0.2, -0.15) is 0 Å². The largest absolute Gasteiger partial charge is 0.481 e. The molecule has 0 rings (SSSR count). The molecule has 0 aliphatic rings. The Morgan fingerprint density at radius 2 is 0.949 bits per heavy atom. The number of carboxylic acid groups (broad SMARTS) is 1. The van der Waals surface area contributed by atoms with Gasteiger partial charge in [-0.15, -0.1) is 0 Å². The van der Waals surface area contributed by atoms with Crippen LogP contribution in [0.1, 0.15) is 194 Å². The number of carboxylic acids is 1. The number of carbonyl (C=O) groups excluding carboxylic acids is 1. The molecular weight excluding hydrogens is 484 g/mol. The van der Waals surface area contributed by atoms with Gasteiger partial charge in [0.05, 0.1) is 0 Å². The van der Waals surface area contributed by atoms with Gasteiger partial charge in [0.1, 0.15) is 6.10 Å². The minimum atomic E-state index is -0.743. The van der Waals surface area contributed by atoms with E-state index in [1.54, 1.807) is 0 Å². The maximum absolute atomic E-state index is 12.5. The molecule has 4 heteroatoms. The van der Waals surface area contributed by atoms with Gasteiger partial charge in [-0.1, -0.05) is 135 Å². The van der Waals surface area contributed by atoms with E-state index in [0.717, 1.165) is 38.5 Å². The molecule has 0 aromatic heterocycles. The number of ether oxygens (including phenoxy) is 1. The molecule has 0 aliphatic heterocycles. The molecule has 0 aromatic rings. The number of carbonyl (C=O) groups is 2. The van der Waals surface area contributed by atoms with E-state index in [4.69, 9.17) is 9.84 Å². The van der Waals surface area contributed by atoms with Crippen LogP contribution in [0.3, 0.4) is 0 Å². The van der Waals surface area contributed by atoms with Gasteiger partial charge in [0.2, 0.25) is 0 Å². The van der Waals surface area contributed by atoms with Crippen LogP contribution in [0.25, 0.3) is 0 Å². The minimum Gasteiger partial charge on any atom is -0.481 e. The summed E-state index contributed by atoms with van der Waals surface area (Å²) in [6.07, 6.45) is 36.4. The number of esters is 1. The quantitative estimate of drug-likeness (QED) is 0.0529. The van der Waals surface area contributed by atoms with Gasteiger partial charge in [-0.05, 0) is 57.8 Å². The average molecular weight is 551 g/mol. The van der Waals surface area contributed by atoms with Gasteiger partial charge < -0.3 is 9.84 Å². The minimum absolute atomic E-state index is 0.0419. The highest BCUT2D eigenvalue weighted by molar-refractivity contribution is 5.69. The average Bonchev–Trinajstić information content (AvgIpc) is 2.92. The fraction of sp³-hybridized carbons (Fsp3) is 0.886. The molecule has 0 aromatic carbocycles. The summed E-state index contributed by atoms with van der Waals surface area (Å²) in [6.45, 7) is 4.50. The zero-order valence-electron chi connectivity index (χ0n) is 26.2. The fourth-order valence-electron chi connectivity index (χ4n) is 5.16. The molecule has 39 heavy (non-hydrogen) atoms. The molecule has 1 atom stereocenters. The number of allylic oxidation sites excluding steroid dienone is 2. The number of unbranched alkanes of at least 4 members (excludes halogenated alkanes) is 20. The summed E-state index contributed by atoms with van der Waals surface area (Å²) in [7, 11) is 0. The summed E-state index contributed by atoms with van der Waals surface area (Å²) < 4.78 is 5.86. The van der Waals surface area contributed by atoms with Gasteiger partial charge in [0, 0.05) is 12.8 Å². The second kappa shape index (κ2) is 31.2. The normalized spacial score (nSPS) is 12.3. The van der Waals surface area contributed by atoms with Crippen molar-refractivity contribution in [2.75, 3.05) is 0 Å². The number of hydrogen-bond acceptors (Lipinski definition) is 3. The molecule has 0 heterocycles. The van der Waals surface area contributed by atoms with E-state index in [2.05, 4.69) is 26.0 Å². The van der Waals surface area contributed by atoms with Crippen molar-refractivity contribution in [1.82, 2.24) is 0 Å². The molecule has 230 valence electrons. The third-order valence-corrected chi connectivity index (χ3v) is 7.74. The molecule has 4 nitrogen and oxygen atoms in total. The molecular formula is C35H66O4.